The van der Waals surface area contributed by atoms with Crippen LogP contribution in [-0.4, -0.2) is 15.9 Å². The standard InChI is InChI=1S/C25H16NO.C23H32O2.Ir/c1-2-7-18(8-3-1)21-10-6-11-22(17-21)27-25-24-20(15-16-26-25)14-13-19-9-4-5-12-23(19)24;24-20(22-8-14-1-15(9-22)3-16(2-14)10-22)7-21(25)23-11-17-4-18(12-23)6-19(5-17)13-23;/h1-10,12-17H;7,14-19,24H,1-6,8-13H2;/q-1;;/b;20-7-;. The molecule has 0 spiro atoms. The molecule has 0 unspecified atom stereocenters. The molecule has 1 N–H and O–H groups in total. The van der Waals surface area contributed by atoms with Crippen molar-refractivity contribution in [2.75, 3.05) is 0 Å². The molecule has 53 heavy (non-hydrogen) atoms. The zero-order valence-electron chi connectivity index (χ0n) is 30.3. The van der Waals surface area contributed by atoms with Crippen LogP contribution in [0.4, 0.5) is 0 Å². The molecule has 0 amide bonds. The van der Waals surface area contributed by atoms with Crippen LogP contribution in [0.1, 0.15) is 77.0 Å². The quantitative estimate of drug-likeness (QED) is 0.0799. The van der Waals surface area contributed by atoms with E-state index in [1.54, 1.807) is 12.3 Å². The van der Waals surface area contributed by atoms with Crippen molar-refractivity contribution in [1.29, 1.82) is 0 Å². The molecule has 4 aromatic carbocycles. The van der Waals surface area contributed by atoms with E-state index in [-0.39, 0.29) is 30.9 Å². The molecule has 1 aromatic heterocycles. The van der Waals surface area contributed by atoms with Crippen LogP contribution in [-0.2, 0) is 24.9 Å². The maximum Gasteiger partial charge on any atom is 0.225 e. The molecule has 0 saturated heterocycles. The molecule has 8 aliphatic rings. The van der Waals surface area contributed by atoms with Gasteiger partial charge in [0.15, 0.2) is 5.78 Å². The summed E-state index contributed by atoms with van der Waals surface area (Å²) in [5.41, 5.74) is 2.12. The van der Waals surface area contributed by atoms with Gasteiger partial charge in [-0.05, 0) is 140 Å². The van der Waals surface area contributed by atoms with Gasteiger partial charge in [-0.1, -0.05) is 66.7 Å². The Morgan fingerprint density at radius 2 is 1.25 bits per heavy atom. The minimum absolute atomic E-state index is 0. The van der Waals surface area contributed by atoms with Crippen LogP contribution < -0.4 is 4.74 Å². The predicted octanol–water partition coefficient (Wildman–Crippen LogP) is 12.1. The van der Waals surface area contributed by atoms with Crippen molar-refractivity contribution < 1.29 is 34.7 Å². The third-order valence-electron chi connectivity index (χ3n) is 14.1. The monoisotopic (exact) mass is 879 g/mol. The van der Waals surface area contributed by atoms with E-state index in [1.807, 2.05) is 54.6 Å². The first-order chi connectivity index (χ1) is 25.4. The van der Waals surface area contributed by atoms with Gasteiger partial charge in [0.1, 0.15) is 5.76 Å². The number of aromatic nitrogens is 1. The molecule has 0 aliphatic heterocycles. The molecule has 0 atom stereocenters. The Balaban J connectivity index is 0.000000138. The van der Waals surface area contributed by atoms with Gasteiger partial charge in [-0.3, -0.25) is 4.79 Å². The Morgan fingerprint density at radius 3 is 1.89 bits per heavy atom. The topological polar surface area (TPSA) is 59.4 Å². The number of aliphatic hydroxyl groups is 1. The number of nitrogens with zero attached hydrogens (tertiary/aromatic N) is 1. The summed E-state index contributed by atoms with van der Waals surface area (Å²) in [7, 11) is 0. The number of benzene rings is 4. The number of pyridine rings is 1. The summed E-state index contributed by atoms with van der Waals surface area (Å²) in [4.78, 5) is 17.9. The number of carbonyl (C=O) groups is 1. The molecule has 273 valence electrons. The van der Waals surface area contributed by atoms with Crippen LogP contribution >= 0.6 is 0 Å². The second kappa shape index (κ2) is 13.8. The summed E-state index contributed by atoms with van der Waals surface area (Å²) in [6.07, 6.45) is 18.6. The second-order valence-electron chi connectivity index (χ2n) is 17.7. The van der Waals surface area contributed by atoms with E-state index in [4.69, 9.17) is 4.74 Å². The van der Waals surface area contributed by atoms with Crippen LogP contribution in [0.25, 0.3) is 32.7 Å². The van der Waals surface area contributed by atoms with Crippen molar-refractivity contribution in [2.45, 2.75) is 77.0 Å². The number of allylic oxidation sites excluding steroid dienone is 2. The SMILES string of the molecule is O=C(/C=C(\O)C12CC3CC(CC(C3)C1)C2)C12CC3CC(CC(C3)C1)C2.[Ir].[c-]1ccc(-c2ccccc2)cc1Oc1nccc2ccc3ccccc3c12. The van der Waals surface area contributed by atoms with Crippen molar-refractivity contribution in [3.05, 3.63) is 115 Å². The van der Waals surface area contributed by atoms with Gasteiger partial charge in [0, 0.05) is 49.0 Å². The van der Waals surface area contributed by atoms with Crippen molar-refractivity contribution in [2.24, 2.45) is 46.3 Å². The smallest absolute Gasteiger partial charge is 0.225 e. The second-order valence-corrected chi connectivity index (χ2v) is 17.7. The number of aliphatic hydroxyl groups excluding tert-OH is 1. The Hall–Kier alpha value is -3.79. The Bertz CT molecular complexity index is 2120. The first-order valence-corrected chi connectivity index (χ1v) is 19.9. The van der Waals surface area contributed by atoms with Crippen LogP contribution in [0.5, 0.6) is 11.6 Å². The summed E-state index contributed by atoms with van der Waals surface area (Å²) < 4.78 is 6.20. The van der Waals surface area contributed by atoms with Crippen molar-refractivity contribution >= 4 is 27.3 Å². The van der Waals surface area contributed by atoms with Gasteiger partial charge in [-0.2, -0.15) is 12.1 Å². The summed E-state index contributed by atoms with van der Waals surface area (Å²) in [5.74, 6) is 6.90. The summed E-state index contributed by atoms with van der Waals surface area (Å²) in [5, 5.41) is 15.6. The summed E-state index contributed by atoms with van der Waals surface area (Å²) >= 11 is 0. The minimum atomic E-state index is -0.0922. The van der Waals surface area contributed by atoms with E-state index in [2.05, 4.69) is 47.4 Å². The third-order valence-corrected chi connectivity index (χ3v) is 14.1. The van der Waals surface area contributed by atoms with Gasteiger partial charge >= 0.3 is 0 Å². The first-order valence-electron chi connectivity index (χ1n) is 19.9. The number of hydrogen-bond acceptors (Lipinski definition) is 4. The number of hydrogen-bond donors (Lipinski definition) is 1. The maximum atomic E-state index is 13.4. The van der Waals surface area contributed by atoms with Gasteiger partial charge in [0.25, 0.3) is 0 Å². The number of ether oxygens (including phenoxy) is 1. The van der Waals surface area contributed by atoms with Crippen LogP contribution in [0.2, 0.25) is 0 Å². The van der Waals surface area contributed by atoms with Crippen molar-refractivity contribution in [3.63, 3.8) is 0 Å². The molecular weight excluding hydrogens is 831 g/mol. The molecule has 5 heteroatoms. The molecule has 1 heterocycles. The zero-order chi connectivity index (χ0) is 34.9. The van der Waals surface area contributed by atoms with Gasteiger partial charge in [0.05, 0.1) is 5.39 Å². The van der Waals surface area contributed by atoms with Crippen molar-refractivity contribution in [1.82, 2.24) is 4.98 Å². The number of fused-ring (bicyclic) bond motifs is 3. The van der Waals surface area contributed by atoms with Crippen LogP contribution in [0.3, 0.4) is 0 Å². The van der Waals surface area contributed by atoms with Gasteiger partial charge < -0.3 is 9.84 Å². The van der Waals surface area contributed by atoms with E-state index in [9.17, 15) is 9.90 Å². The molecular formula is C48H48IrNO3-. The number of rotatable bonds is 6. The van der Waals surface area contributed by atoms with Gasteiger partial charge in [-0.25, -0.2) is 4.98 Å². The van der Waals surface area contributed by atoms with Crippen LogP contribution in [0, 0.1) is 52.4 Å². The molecule has 8 fully saturated rings. The number of carbonyl (C=O) groups excluding carboxylic acids is 1. The summed E-state index contributed by atoms with van der Waals surface area (Å²) in [6.45, 7) is 0. The Morgan fingerprint density at radius 1 is 0.679 bits per heavy atom. The normalized spacial score (nSPS) is 31.9. The fourth-order valence-corrected chi connectivity index (χ4v) is 12.7. The summed E-state index contributed by atoms with van der Waals surface area (Å²) in [6, 6.07) is 33.9. The molecule has 8 saturated carbocycles. The van der Waals surface area contributed by atoms with E-state index >= 15 is 0 Å². The van der Waals surface area contributed by atoms with E-state index in [1.165, 1.54) is 43.9 Å². The van der Waals surface area contributed by atoms with E-state index < -0.39 is 0 Å². The van der Waals surface area contributed by atoms with E-state index in [0.717, 1.165) is 101 Å². The Labute approximate surface area is 326 Å². The fourth-order valence-electron chi connectivity index (χ4n) is 12.7. The molecule has 8 bridgehead atoms. The molecule has 4 nitrogen and oxygen atoms in total. The zero-order valence-corrected chi connectivity index (χ0v) is 32.7. The van der Waals surface area contributed by atoms with E-state index in [0.29, 0.717) is 23.2 Å². The Kier molecular flexibility index (Phi) is 9.10. The fraction of sp³-hybridized carbons (Fsp3) is 0.417. The maximum absolute atomic E-state index is 13.4. The van der Waals surface area contributed by atoms with Gasteiger partial charge in [0.2, 0.25) is 5.88 Å². The molecule has 1 radical (unpaired) electrons. The average Bonchev–Trinajstić information content (AvgIpc) is 3.14. The average molecular weight is 879 g/mol. The first kappa shape index (κ1) is 34.9. The molecule has 5 aromatic rings. The van der Waals surface area contributed by atoms with Gasteiger partial charge in [-0.15, -0.1) is 17.7 Å². The largest absolute Gasteiger partial charge is 0.512 e. The molecule has 8 aliphatic carbocycles. The number of ketones is 1. The van der Waals surface area contributed by atoms with Crippen molar-refractivity contribution in [3.8, 4) is 22.8 Å². The predicted molar refractivity (Wildman–Crippen MR) is 207 cm³/mol. The molecule has 13 rings (SSSR count). The minimum Gasteiger partial charge on any atom is -0.512 e. The third kappa shape index (κ3) is 6.46. The van der Waals surface area contributed by atoms with Crippen LogP contribution in [0.15, 0.2) is 109 Å².